The normalized spacial score (nSPS) is 31.0. The lowest BCUT2D eigenvalue weighted by Gasteiger charge is -2.39. The van der Waals surface area contributed by atoms with Crippen molar-refractivity contribution in [3.05, 3.63) is 133 Å². The summed E-state index contributed by atoms with van der Waals surface area (Å²) in [5.41, 5.74) is 7.77. The Morgan fingerprint density at radius 3 is 1.88 bits per heavy atom. The van der Waals surface area contributed by atoms with Gasteiger partial charge in [-0.2, -0.15) is 0 Å². The molecule has 0 N–H and O–H groups in total. The number of imidazole rings is 2. The summed E-state index contributed by atoms with van der Waals surface area (Å²) in [5.74, 6) is 2.02. The number of rotatable bonds is 0. The molecular formula is C45H30N4O2. The molecule has 4 heterocycles. The molecule has 5 aromatic carbocycles. The van der Waals surface area contributed by atoms with Crippen LogP contribution in [0, 0.1) is 11.8 Å². The number of carbonyl (C=O) groups excluding carboxylic acids is 1. The Morgan fingerprint density at radius 2 is 1.18 bits per heavy atom. The predicted octanol–water partition coefficient (Wildman–Crippen LogP) is 6.32. The van der Waals surface area contributed by atoms with E-state index in [-0.39, 0.29) is 22.3 Å². The zero-order chi connectivity index (χ0) is 33.9. The summed E-state index contributed by atoms with van der Waals surface area (Å²) in [6, 6.07) is 26.1. The molecule has 1 fully saturated rings. The van der Waals surface area contributed by atoms with Crippen LogP contribution in [0.15, 0.2) is 77.6 Å². The van der Waals surface area contributed by atoms with Crippen LogP contribution in [-0.2, 0) is 21.7 Å². The maximum absolute atomic E-state index is 14.8. The molecule has 6 nitrogen and oxygen atoms in total. The highest BCUT2D eigenvalue weighted by atomic mass is 16.2. The third kappa shape index (κ3) is 2.22. The van der Waals surface area contributed by atoms with Crippen molar-refractivity contribution < 1.29 is 4.79 Å². The van der Waals surface area contributed by atoms with E-state index in [2.05, 4.69) is 88.4 Å². The monoisotopic (exact) mass is 658 g/mol. The van der Waals surface area contributed by atoms with Crippen LogP contribution in [0.2, 0.25) is 0 Å². The average Bonchev–Trinajstić information content (AvgIpc) is 3.30. The summed E-state index contributed by atoms with van der Waals surface area (Å²) in [6.45, 7) is 9.20. The van der Waals surface area contributed by atoms with Gasteiger partial charge in [-0.3, -0.25) is 18.6 Å². The molecule has 51 heavy (non-hydrogen) atoms. The topological polar surface area (TPSA) is 69.3 Å². The van der Waals surface area contributed by atoms with Gasteiger partial charge in [0.15, 0.2) is 0 Å². The van der Waals surface area contributed by atoms with E-state index in [1.165, 1.54) is 44.0 Å². The second-order valence-corrected chi connectivity index (χ2v) is 17.0. The van der Waals surface area contributed by atoms with Gasteiger partial charge in [0.05, 0.1) is 32.6 Å². The Kier molecular flexibility index (Phi) is 3.72. The molecule has 6 atom stereocenters. The van der Waals surface area contributed by atoms with E-state index in [1.807, 2.05) is 33.2 Å². The first-order valence-electron chi connectivity index (χ1n) is 18.3. The molecule has 0 amide bonds. The molecule has 0 bridgehead atoms. The van der Waals surface area contributed by atoms with Gasteiger partial charge in [-0.15, -0.1) is 0 Å². The van der Waals surface area contributed by atoms with Gasteiger partial charge < -0.3 is 0 Å². The molecule has 0 spiro atoms. The molecule has 5 aliphatic carbocycles. The maximum Gasteiger partial charge on any atom is 0.264 e. The van der Waals surface area contributed by atoms with Crippen molar-refractivity contribution in [3.63, 3.8) is 0 Å². The number of pyridine rings is 1. The number of nitrogens with zero attached hydrogens (tertiary/aromatic N) is 4. The first-order chi connectivity index (χ1) is 24.6. The Balaban J connectivity index is 1.08. The van der Waals surface area contributed by atoms with E-state index in [9.17, 15) is 9.59 Å². The fourth-order valence-corrected chi connectivity index (χ4v) is 12.5. The van der Waals surface area contributed by atoms with Gasteiger partial charge in [0.25, 0.3) is 5.56 Å². The number of fused-ring (bicyclic) bond motifs is 17. The van der Waals surface area contributed by atoms with Crippen LogP contribution >= 0.6 is 0 Å². The minimum Gasteiger partial charge on any atom is -0.273 e. The lowest BCUT2D eigenvalue weighted by Crippen LogP contribution is -2.43. The molecule has 1 saturated carbocycles. The molecule has 6 heteroatoms. The molecule has 0 saturated heterocycles. The Hall–Kier alpha value is -5.62. The third-order valence-electron chi connectivity index (χ3n) is 15.4. The molecule has 6 aliphatic rings. The van der Waals surface area contributed by atoms with E-state index < -0.39 is 10.8 Å². The smallest absolute Gasteiger partial charge is 0.264 e. The van der Waals surface area contributed by atoms with Crippen molar-refractivity contribution in [1.82, 2.24) is 18.9 Å². The highest BCUT2D eigenvalue weighted by Gasteiger charge is 2.68. The van der Waals surface area contributed by atoms with Crippen LogP contribution in [-0.4, -0.2) is 24.8 Å². The van der Waals surface area contributed by atoms with Crippen molar-refractivity contribution in [2.45, 2.75) is 55.8 Å². The molecule has 1 aliphatic heterocycles. The molecule has 8 aromatic rings. The van der Waals surface area contributed by atoms with Crippen LogP contribution in [0.1, 0.15) is 78.1 Å². The second kappa shape index (κ2) is 7.24. The van der Waals surface area contributed by atoms with Gasteiger partial charge in [-0.05, 0) is 99.8 Å². The van der Waals surface area contributed by atoms with Crippen LogP contribution < -0.4 is 16.3 Å². The number of benzene rings is 5. The van der Waals surface area contributed by atoms with Gasteiger partial charge in [0, 0.05) is 27.0 Å². The van der Waals surface area contributed by atoms with E-state index >= 15 is 0 Å². The van der Waals surface area contributed by atoms with Crippen LogP contribution in [0.4, 0.5) is 0 Å². The van der Waals surface area contributed by atoms with Gasteiger partial charge in [-0.25, -0.2) is 9.97 Å². The molecule has 3 aromatic heterocycles. The molecule has 14 rings (SSSR count). The zero-order valence-electron chi connectivity index (χ0n) is 28.6. The Morgan fingerprint density at radius 1 is 0.608 bits per heavy atom. The van der Waals surface area contributed by atoms with Gasteiger partial charge in [0.2, 0.25) is 5.91 Å². The fourth-order valence-electron chi connectivity index (χ4n) is 12.5. The third-order valence-corrected chi connectivity index (χ3v) is 15.4. The van der Waals surface area contributed by atoms with Crippen LogP contribution in [0.3, 0.4) is 0 Å². The number of hydrogen-bond acceptors (Lipinski definition) is 4. The number of hydrogen-bond donors (Lipinski definition) is 0. The summed E-state index contributed by atoms with van der Waals surface area (Å²) in [5, 5.41) is 8.47. The lowest BCUT2D eigenvalue weighted by molar-refractivity contribution is 0.0820. The summed E-state index contributed by atoms with van der Waals surface area (Å²) >= 11 is 0. The molecule has 242 valence electrons. The number of para-hydroxylation sites is 2. The predicted molar refractivity (Wildman–Crippen MR) is 198 cm³/mol. The Bertz CT molecular complexity index is 3340. The molecule has 6 unspecified atom stereocenters. The summed E-state index contributed by atoms with van der Waals surface area (Å²) < 4.78 is 3.77. The van der Waals surface area contributed by atoms with Crippen molar-refractivity contribution >= 4 is 67.1 Å². The quantitative estimate of drug-likeness (QED) is 0.191. The van der Waals surface area contributed by atoms with E-state index in [4.69, 9.17) is 9.97 Å². The lowest BCUT2D eigenvalue weighted by atomic mass is 9.62. The maximum atomic E-state index is 14.8. The zero-order valence-corrected chi connectivity index (χ0v) is 28.6. The van der Waals surface area contributed by atoms with Crippen LogP contribution in [0.5, 0.6) is 0 Å². The minimum atomic E-state index is -0.784. The second-order valence-electron chi connectivity index (χ2n) is 17.0. The standard InChI is InChI=1S/C45H30N4O2/c1-42-24-11-9-22-34-23(39(50)48-33-19-21-17-20(21)18-31(33)46-38(22)48)10-12-25(35(24)34)43(42,2)26-13-15-28-37-29(16-14-27(42)36(26)37)45(4)41(51)49-32-8-6-5-7-30(32)47-40(49)44(28,45)3/h5-16,18-21H,17H2,1-4H3. The van der Waals surface area contributed by atoms with E-state index in [1.54, 1.807) is 0 Å². The number of carbonyl (C=O) groups is 1. The van der Waals surface area contributed by atoms with Crippen molar-refractivity contribution in [3.8, 4) is 0 Å². The van der Waals surface area contributed by atoms with Crippen molar-refractivity contribution in [2.75, 3.05) is 0 Å². The summed E-state index contributed by atoms with van der Waals surface area (Å²) in [4.78, 5) is 39.5. The summed E-state index contributed by atoms with van der Waals surface area (Å²) in [7, 11) is 0. The Labute approximate surface area is 290 Å². The highest BCUT2D eigenvalue weighted by molar-refractivity contribution is 6.20. The first-order valence-corrected chi connectivity index (χ1v) is 18.3. The highest BCUT2D eigenvalue weighted by Crippen LogP contribution is 2.70. The van der Waals surface area contributed by atoms with Gasteiger partial charge in [0.1, 0.15) is 11.5 Å². The van der Waals surface area contributed by atoms with E-state index in [0.717, 1.165) is 61.3 Å². The van der Waals surface area contributed by atoms with Crippen molar-refractivity contribution in [2.24, 2.45) is 11.8 Å². The first kappa shape index (κ1) is 26.2. The molecule has 0 radical (unpaired) electrons. The SMILES string of the molecule is CC12C(=O)n3c(nc4ccccc43)C1(C)c1ccc3c4c(ccc2c14)C1(C)c2ccc4c5c2c(ccc5c(=O)n2c5c(nc42)=CC2CC2C=5)C31C. The average molecular weight is 659 g/mol. The summed E-state index contributed by atoms with van der Waals surface area (Å²) in [6.07, 6.45) is 5.70. The van der Waals surface area contributed by atoms with Crippen molar-refractivity contribution in [1.29, 1.82) is 0 Å². The fraction of sp³-hybridized carbons (Fsp3) is 0.244. The minimum absolute atomic E-state index is 0.0254. The van der Waals surface area contributed by atoms with Gasteiger partial charge >= 0.3 is 0 Å². The molecular weight excluding hydrogens is 629 g/mol. The number of aromatic nitrogens is 4. The largest absolute Gasteiger partial charge is 0.273 e. The van der Waals surface area contributed by atoms with E-state index in [0.29, 0.717) is 11.8 Å². The van der Waals surface area contributed by atoms with Gasteiger partial charge in [-0.1, -0.05) is 80.6 Å². The van der Waals surface area contributed by atoms with Crippen LogP contribution in [0.25, 0.3) is 61.1 Å².